The van der Waals surface area contributed by atoms with Gasteiger partial charge in [-0.3, -0.25) is 4.79 Å². The topological polar surface area (TPSA) is 66.2 Å². The normalized spacial score (nSPS) is 24.3. The van der Waals surface area contributed by atoms with Gasteiger partial charge in [0.1, 0.15) is 11.1 Å². The van der Waals surface area contributed by atoms with E-state index in [0.717, 1.165) is 18.5 Å². The van der Waals surface area contributed by atoms with E-state index in [0.29, 0.717) is 35.2 Å². The van der Waals surface area contributed by atoms with Crippen LogP contribution in [0.15, 0.2) is 11.1 Å². The fourth-order valence-electron chi connectivity index (χ4n) is 3.07. The fourth-order valence-corrected chi connectivity index (χ4v) is 3.62. The zero-order valence-electron chi connectivity index (χ0n) is 13.7. The number of rotatable bonds is 3. The van der Waals surface area contributed by atoms with Crippen molar-refractivity contribution in [2.24, 2.45) is 0 Å². The Balaban J connectivity index is 1.98. The Hall–Kier alpha value is -1.58. The van der Waals surface area contributed by atoms with E-state index in [4.69, 9.17) is 4.74 Å². The standard InChI is InChI=1S/C17H21N3O2S/c1-10-8-20(9-11(2)22-10)17(21)13-6-15(12-4-5-12)19-16(23-3)14(13)7-18/h6,10-12H,4-5,8-9H2,1-3H3. The van der Waals surface area contributed by atoms with Gasteiger partial charge in [0.2, 0.25) is 0 Å². The third-order valence-corrected chi connectivity index (χ3v) is 4.93. The molecule has 0 bridgehead atoms. The summed E-state index contributed by atoms with van der Waals surface area (Å²) in [5.74, 6) is 0.367. The van der Waals surface area contributed by atoms with Crippen LogP contribution in [0.25, 0.3) is 0 Å². The van der Waals surface area contributed by atoms with Gasteiger partial charge >= 0.3 is 0 Å². The second kappa shape index (κ2) is 6.50. The number of thioether (sulfide) groups is 1. The van der Waals surface area contributed by atoms with Gasteiger partial charge in [0.05, 0.1) is 23.3 Å². The van der Waals surface area contributed by atoms with Crippen LogP contribution in [0, 0.1) is 11.3 Å². The van der Waals surface area contributed by atoms with Crippen LogP contribution in [0.1, 0.15) is 54.2 Å². The average molecular weight is 331 g/mol. The molecule has 5 nitrogen and oxygen atoms in total. The summed E-state index contributed by atoms with van der Waals surface area (Å²) in [6.07, 6.45) is 4.15. The first-order chi connectivity index (χ1) is 11.0. The average Bonchev–Trinajstić information content (AvgIpc) is 3.36. The quantitative estimate of drug-likeness (QED) is 0.797. The highest BCUT2D eigenvalue weighted by Crippen LogP contribution is 2.40. The van der Waals surface area contributed by atoms with Gasteiger partial charge in [-0.15, -0.1) is 11.8 Å². The van der Waals surface area contributed by atoms with Crippen LogP contribution in [0.2, 0.25) is 0 Å². The smallest absolute Gasteiger partial charge is 0.255 e. The van der Waals surface area contributed by atoms with Crippen molar-refractivity contribution in [3.05, 3.63) is 22.9 Å². The number of ether oxygens (including phenoxy) is 1. The highest BCUT2D eigenvalue weighted by atomic mass is 32.2. The summed E-state index contributed by atoms with van der Waals surface area (Å²) in [5.41, 5.74) is 1.85. The first-order valence-electron chi connectivity index (χ1n) is 7.97. The second-order valence-corrected chi connectivity index (χ2v) is 7.13. The van der Waals surface area contributed by atoms with Gasteiger partial charge in [0, 0.05) is 24.7 Å². The van der Waals surface area contributed by atoms with E-state index in [-0.39, 0.29) is 18.1 Å². The molecule has 0 spiro atoms. The maximum Gasteiger partial charge on any atom is 0.255 e. The van der Waals surface area contributed by atoms with E-state index >= 15 is 0 Å². The van der Waals surface area contributed by atoms with Gasteiger partial charge in [-0.25, -0.2) is 4.98 Å². The van der Waals surface area contributed by atoms with Crippen LogP contribution in [0.4, 0.5) is 0 Å². The Bertz CT molecular complexity index is 657. The molecule has 2 fully saturated rings. The lowest BCUT2D eigenvalue weighted by molar-refractivity contribution is -0.0586. The number of carbonyl (C=O) groups excluding carboxylic acids is 1. The lowest BCUT2D eigenvalue weighted by Crippen LogP contribution is -2.48. The Kier molecular flexibility index (Phi) is 4.60. The van der Waals surface area contributed by atoms with Crippen LogP contribution in [-0.2, 0) is 4.74 Å². The number of nitrogens with zero attached hydrogens (tertiary/aromatic N) is 3. The first-order valence-corrected chi connectivity index (χ1v) is 9.19. The molecule has 23 heavy (non-hydrogen) atoms. The SMILES string of the molecule is CSc1nc(C2CC2)cc(C(=O)N2CC(C)OC(C)C2)c1C#N. The van der Waals surface area contributed by atoms with E-state index in [1.165, 1.54) is 11.8 Å². The van der Waals surface area contributed by atoms with Gasteiger partial charge in [-0.05, 0) is 39.0 Å². The van der Waals surface area contributed by atoms with Crippen LogP contribution in [0.5, 0.6) is 0 Å². The molecule has 3 rings (SSSR count). The molecule has 1 aliphatic carbocycles. The number of amides is 1. The van der Waals surface area contributed by atoms with Crippen molar-refractivity contribution in [1.82, 2.24) is 9.88 Å². The molecule has 1 amide bonds. The number of pyridine rings is 1. The molecule has 2 atom stereocenters. The predicted molar refractivity (Wildman–Crippen MR) is 88.6 cm³/mol. The van der Waals surface area contributed by atoms with E-state index in [1.807, 2.05) is 26.2 Å². The first kappa shape index (κ1) is 16.3. The lowest BCUT2D eigenvalue weighted by Gasteiger charge is -2.35. The number of nitriles is 1. The third kappa shape index (κ3) is 3.36. The highest BCUT2D eigenvalue weighted by Gasteiger charge is 2.32. The van der Waals surface area contributed by atoms with Gasteiger partial charge < -0.3 is 9.64 Å². The second-order valence-electron chi connectivity index (χ2n) is 6.33. The molecule has 1 aliphatic heterocycles. The minimum atomic E-state index is -0.0804. The van der Waals surface area contributed by atoms with Gasteiger partial charge in [0.25, 0.3) is 5.91 Å². The van der Waals surface area contributed by atoms with Crippen molar-refractivity contribution >= 4 is 17.7 Å². The van der Waals surface area contributed by atoms with Crippen molar-refractivity contribution in [2.45, 2.75) is 49.8 Å². The Morgan fingerprint density at radius 2 is 2.04 bits per heavy atom. The molecule has 2 heterocycles. The van der Waals surface area contributed by atoms with Crippen LogP contribution >= 0.6 is 11.8 Å². The molecule has 0 aromatic carbocycles. The Morgan fingerprint density at radius 3 is 2.57 bits per heavy atom. The monoisotopic (exact) mass is 331 g/mol. The predicted octanol–water partition coefficient (Wildman–Crippen LogP) is 2.80. The fraction of sp³-hybridized carbons (Fsp3) is 0.588. The number of aromatic nitrogens is 1. The number of carbonyl (C=O) groups is 1. The molecular weight excluding hydrogens is 310 g/mol. The molecule has 0 radical (unpaired) electrons. The highest BCUT2D eigenvalue weighted by molar-refractivity contribution is 7.98. The number of hydrogen-bond acceptors (Lipinski definition) is 5. The third-order valence-electron chi connectivity index (χ3n) is 4.24. The Morgan fingerprint density at radius 1 is 1.39 bits per heavy atom. The van der Waals surface area contributed by atoms with E-state index in [2.05, 4.69) is 11.1 Å². The molecule has 1 aromatic rings. The molecule has 2 unspecified atom stereocenters. The van der Waals surface area contributed by atoms with Crippen molar-refractivity contribution in [3.8, 4) is 6.07 Å². The van der Waals surface area contributed by atoms with E-state index in [9.17, 15) is 10.1 Å². The summed E-state index contributed by atoms with van der Waals surface area (Å²) < 4.78 is 5.70. The maximum absolute atomic E-state index is 13.0. The molecule has 0 N–H and O–H groups in total. The maximum atomic E-state index is 13.0. The van der Waals surface area contributed by atoms with Crippen molar-refractivity contribution in [2.75, 3.05) is 19.3 Å². The van der Waals surface area contributed by atoms with Crippen molar-refractivity contribution < 1.29 is 9.53 Å². The summed E-state index contributed by atoms with van der Waals surface area (Å²) in [4.78, 5) is 19.4. The van der Waals surface area contributed by atoms with Gasteiger partial charge in [-0.1, -0.05) is 0 Å². The molecule has 1 saturated carbocycles. The van der Waals surface area contributed by atoms with Gasteiger partial charge in [-0.2, -0.15) is 5.26 Å². The van der Waals surface area contributed by atoms with Crippen LogP contribution < -0.4 is 0 Å². The molecule has 122 valence electrons. The summed E-state index contributed by atoms with van der Waals surface area (Å²) >= 11 is 1.43. The Labute approximate surface area is 141 Å². The van der Waals surface area contributed by atoms with Gasteiger partial charge in [0.15, 0.2) is 0 Å². The summed E-state index contributed by atoms with van der Waals surface area (Å²) in [7, 11) is 0. The molecule has 2 aliphatic rings. The summed E-state index contributed by atoms with van der Waals surface area (Å²) in [6.45, 7) is 5.06. The van der Waals surface area contributed by atoms with Crippen molar-refractivity contribution in [3.63, 3.8) is 0 Å². The number of morpholine rings is 1. The molecule has 6 heteroatoms. The van der Waals surface area contributed by atoms with E-state index < -0.39 is 0 Å². The zero-order valence-corrected chi connectivity index (χ0v) is 14.5. The minimum absolute atomic E-state index is 0.0120. The van der Waals surface area contributed by atoms with Crippen molar-refractivity contribution in [1.29, 1.82) is 5.26 Å². The largest absolute Gasteiger partial charge is 0.372 e. The minimum Gasteiger partial charge on any atom is -0.372 e. The van der Waals surface area contributed by atoms with E-state index in [1.54, 1.807) is 4.90 Å². The molecule has 1 aromatic heterocycles. The number of hydrogen-bond donors (Lipinski definition) is 0. The summed E-state index contributed by atoms with van der Waals surface area (Å²) in [5, 5.41) is 10.2. The molecular formula is C17H21N3O2S. The molecule has 1 saturated heterocycles. The van der Waals surface area contributed by atoms with Crippen LogP contribution in [0.3, 0.4) is 0 Å². The zero-order chi connectivity index (χ0) is 16.6. The van der Waals surface area contributed by atoms with Crippen LogP contribution in [-0.4, -0.2) is 47.3 Å². The lowest BCUT2D eigenvalue weighted by atomic mass is 10.1. The summed E-state index contributed by atoms with van der Waals surface area (Å²) in [6, 6.07) is 4.02.